The maximum Gasteiger partial charge on any atom is 0.109 e. The zero-order chi connectivity index (χ0) is 9.80. The molecule has 2 rings (SSSR count). The van der Waals surface area contributed by atoms with E-state index in [2.05, 4.69) is 41.2 Å². The number of hydrogen-bond donors (Lipinski definition) is 1. The van der Waals surface area contributed by atoms with Crippen molar-refractivity contribution in [3.63, 3.8) is 0 Å². The van der Waals surface area contributed by atoms with Gasteiger partial charge in [-0.2, -0.15) is 0 Å². The average molecular weight is 186 g/mol. The molecular weight excluding hydrogens is 172 g/mol. The first-order valence-electron chi connectivity index (χ1n) is 4.89. The van der Waals surface area contributed by atoms with E-state index in [4.69, 9.17) is 0 Å². The van der Waals surface area contributed by atoms with E-state index in [1.54, 1.807) is 6.20 Å². The monoisotopic (exact) mass is 186 g/mol. The molecule has 0 aliphatic carbocycles. The highest BCUT2D eigenvalue weighted by Gasteiger charge is 2.07. The molecule has 2 nitrogen and oxygen atoms in total. The van der Waals surface area contributed by atoms with E-state index in [0.717, 1.165) is 12.2 Å². The van der Waals surface area contributed by atoms with E-state index in [0.29, 0.717) is 5.92 Å². The summed E-state index contributed by atoms with van der Waals surface area (Å²) in [4.78, 5) is 7.40. The predicted octanol–water partition coefficient (Wildman–Crippen LogP) is 2.76. The van der Waals surface area contributed by atoms with Crippen molar-refractivity contribution in [2.75, 3.05) is 0 Å². The summed E-state index contributed by atoms with van der Waals surface area (Å²) in [6.07, 6.45) is 4.71. The van der Waals surface area contributed by atoms with Crippen LogP contribution < -0.4 is 0 Å². The summed E-state index contributed by atoms with van der Waals surface area (Å²) in [6.45, 7) is 2.19. The first kappa shape index (κ1) is 9.00. The molecule has 0 bridgehead atoms. The van der Waals surface area contributed by atoms with Crippen LogP contribution in [0.4, 0.5) is 0 Å². The minimum Gasteiger partial charge on any atom is -0.348 e. The summed E-state index contributed by atoms with van der Waals surface area (Å²) in [5.41, 5.74) is 1.36. The lowest BCUT2D eigenvalue weighted by atomic mass is 10.0. The molecule has 1 aromatic carbocycles. The lowest BCUT2D eigenvalue weighted by Gasteiger charge is -2.07. The topological polar surface area (TPSA) is 28.7 Å². The molecule has 0 saturated carbocycles. The molecule has 0 fully saturated rings. The fourth-order valence-corrected chi connectivity index (χ4v) is 1.61. The van der Waals surface area contributed by atoms with Gasteiger partial charge in [0.15, 0.2) is 0 Å². The van der Waals surface area contributed by atoms with Gasteiger partial charge in [0.2, 0.25) is 0 Å². The van der Waals surface area contributed by atoms with E-state index in [1.165, 1.54) is 5.56 Å². The van der Waals surface area contributed by atoms with Gasteiger partial charge in [-0.15, -0.1) is 0 Å². The van der Waals surface area contributed by atoms with Crippen molar-refractivity contribution in [1.29, 1.82) is 0 Å². The van der Waals surface area contributed by atoms with Crippen molar-refractivity contribution >= 4 is 0 Å². The maximum absolute atomic E-state index is 4.26. The van der Waals surface area contributed by atoms with Crippen LogP contribution in [0.3, 0.4) is 0 Å². The zero-order valence-electron chi connectivity index (χ0n) is 8.27. The van der Waals surface area contributed by atoms with Crippen LogP contribution in [0.1, 0.15) is 24.2 Å². The molecule has 2 aromatic rings. The minimum absolute atomic E-state index is 0.451. The number of imidazole rings is 1. The number of nitrogens with one attached hydrogen (secondary N) is 1. The van der Waals surface area contributed by atoms with Crippen LogP contribution in [0.25, 0.3) is 0 Å². The Kier molecular flexibility index (Phi) is 2.63. The van der Waals surface area contributed by atoms with E-state index >= 15 is 0 Å². The molecule has 1 aromatic heterocycles. The number of H-pyrrole nitrogens is 1. The Bertz CT molecular complexity index is 364. The van der Waals surface area contributed by atoms with Gasteiger partial charge >= 0.3 is 0 Å². The first-order chi connectivity index (χ1) is 6.86. The lowest BCUT2D eigenvalue weighted by molar-refractivity contribution is 0.710. The van der Waals surface area contributed by atoms with Gasteiger partial charge in [-0.3, -0.25) is 0 Å². The van der Waals surface area contributed by atoms with Crippen LogP contribution in [-0.2, 0) is 6.42 Å². The van der Waals surface area contributed by atoms with Gasteiger partial charge in [0.1, 0.15) is 5.82 Å². The maximum atomic E-state index is 4.26. The summed E-state index contributed by atoms with van der Waals surface area (Å²) >= 11 is 0. The number of aromatic nitrogens is 2. The summed E-state index contributed by atoms with van der Waals surface area (Å²) in [6, 6.07) is 10.5. The average Bonchev–Trinajstić information content (AvgIpc) is 2.72. The third kappa shape index (κ3) is 2.02. The second-order valence-electron chi connectivity index (χ2n) is 3.57. The van der Waals surface area contributed by atoms with Crippen molar-refractivity contribution in [2.24, 2.45) is 0 Å². The van der Waals surface area contributed by atoms with Crippen molar-refractivity contribution in [2.45, 2.75) is 19.3 Å². The van der Waals surface area contributed by atoms with Gasteiger partial charge in [-0.25, -0.2) is 4.98 Å². The summed E-state index contributed by atoms with van der Waals surface area (Å²) in [5, 5.41) is 0. The Morgan fingerprint density at radius 1 is 1.29 bits per heavy atom. The molecule has 72 valence electrons. The highest BCUT2D eigenvalue weighted by Crippen LogP contribution is 2.16. The van der Waals surface area contributed by atoms with E-state index in [-0.39, 0.29) is 0 Å². The zero-order valence-corrected chi connectivity index (χ0v) is 8.27. The van der Waals surface area contributed by atoms with Crippen molar-refractivity contribution in [3.05, 3.63) is 54.1 Å². The third-order valence-electron chi connectivity index (χ3n) is 2.37. The molecule has 14 heavy (non-hydrogen) atoms. The Hall–Kier alpha value is -1.57. The molecular formula is C12H14N2. The fourth-order valence-electron chi connectivity index (χ4n) is 1.61. The molecule has 2 heteroatoms. The van der Waals surface area contributed by atoms with Crippen LogP contribution in [0.15, 0.2) is 42.7 Å². The van der Waals surface area contributed by atoms with Gasteiger partial charge in [-0.1, -0.05) is 37.3 Å². The van der Waals surface area contributed by atoms with E-state index in [1.807, 2.05) is 12.3 Å². The van der Waals surface area contributed by atoms with E-state index < -0.39 is 0 Å². The Balaban J connectivity index is 2.06. The first-order valence-corrected chi connectivity index (χ1v) is 4.89. The van der Waals surface area contributed by atoms with Crippen molar-refractivity contribution in [1.82, 2.24) is 9.97 Å². The molecule has 0 aliphatic rings. The summed E-state index contributed by atoms with van der Waals surface area (Å²) < 4.78 is 0. The van der Waals surface area contributed by atoms with Crippen LogP contribution >= 0.6 is 0 Å². The largest absolute Gasteiger partial charge is 0.348 e. The standard InChI is InChI=1S/C12H14N2/c1-10(12-13-7-8-14-12)9-11-5-3-2-4-6-11/h2-8,10H,9H2,1H3,(H,13,14)/t10-/m0/s1. The normalized spacial score (nSPS) is 12.6. The Labute approximate surface area is 84.0 Å². The second kappa shape index (κ2) is 4.09. The van der Waals surface area contributed by atoms with Gasteiger partial charge in [0, 0.05) is 18.3 Å². The fraction of sp³-hybridized carbons (Fsp3) is 0.250. The van der Waals surface area contributed by atoms with E-state index in [9.17, 15) is 0 Å². The summed E-state index contributed by atoms with van der Waals surface area (Å²) in [5.74, 6) is 1.52. The highest BCUT2D eigenvalue weighted by atomic mass is 14.9. The molecule has 0 unspecified atom stereocenters. The van der Waals surface area contributed by atoms with Crippen molar-refractivity contribution in [3.8, 4) is 0 Å². The van der Waals surface area contributed by atoms with Gasteiger partial charge in [-0.05, 0) is 12.0 Å². The number of nitrogens with zero attached hydrogens (tertiary/aromatic N) is 1. The number of rotatable bonds is 3. The molecule has 0 saturated heterocycles. The highest BCUT2D eigenvalue weighted by molar-refractivity contribution is 5.17. The van der Waals surface area contributed by atoms with Crippen LogP contribution in [0.2, 0.25) is 0 Å². The molecule has 0 radical (unpaired) electrons. The molecule has 0 amide bonds. The molecule has 1 N–H and O–H groups in total. The number of benzene rings is 1. The molecule has 0 spiro atoms. The van der Waals surface area contributed by atoms with Crippen molar-refractivity contribution < 1.29 is 0 Å². The third-order valence-corrected chi connectivity index (χ3v) is 2.37. The molecule has 1 heterocycles. The SMILES string of the molecule is C[C@@H](Cc1ccccc1)c1ncc[nH]1. The predicted molar refractivity (Wildman–Crippen MR) is 57.1 cm³/mol. The minimum atomic E-state index is 0.451. The van der Waals surface area contributed by atoms with Gasteiger partial charge in [0.25, 0.3) is 0 Å². The quantitative estimate of drug-likeness (QED) is 0.784. The Morgan fingerprint density at radius 2 is 2.07 bits per heavy atom. The second-order valence-corrected chi connectivity index (χ2v) is 3.57. The number of aromatic amines is 1. The Morgan fingerprint density at radius 3 is 2.71 bits per heavy atom. The van der Waals surface area contributed by atoms with Crippen LogP contribution in [0.5, 0.6) is 0 Å². The van der Waals surface area contributed by atoms with Gasteiger partial charge in [0.05, 0.1) is 0 Å². The van der Waals surface area contributed by atoms with Crippen LogP contribution in [0, 0.1) is 0 Å². The smallest absolute Gasteiger partial charge is 0.109 e. The lowest BCUT2D eigenvalue weighted by Crippen LogP contribution is -2.00. The molecule has 0 aliphatic heterocycles. The van der Waals surface area contributed by atoms with Crippen LogP contribution in [-0.4, -0.2) is 9.97 Å². The molecule has 1 atom stereocenters. The van der Waals surface area contributed by atoms with Gasteiger partial charge < -0.3 is 4.98 Å². The summed E-state index contributed by atoms with van der Waals surface area (Å²) in [7, 11) is 0. The number of hydrogen-bond acceptors (Lipinski definition) is 1.